The minimum Gasteiger partial charge on any atom is -0.0888 e. The highest BCUT2D eigenvalue weighted by molar-refractivity contribution is 7.99. The smallest absolute Gasteiger partial charge is 0.0737 e. The average molecular weight is 599 g/mol. The molecule has 212 valence electrons. The lowest BCUT2D eigenvalue weighted by atomic mass is 9.67. The molecule has 0 saturated carbocycles. The summed E-state index contributed by atoms with van der Waals surface area (Å²) >= 11 is 1.91. The van der Waals surface area contributed by atoms with Crippen molar-refractivity contribution in [1.82, 2.24) is 0 Å². The number of hydrogen-bond donors (Lipinski definition) is 0. The topological polar surface area (TPSA) is 0 Å². The van der Waals surface area contributed by atoms with E-state index in [0.717, 1.165) is 0 Å². The van der Waals surface area contributed by atoms with E-state index in [2.05, 4.69) is 158 Å². The monoisotopic (exact) mass is 598 g/mol. The van der Waals surface area contributed by atoms with Crippen LogP contribution in [0.15, 0.2) is 168 Å². The van der Waals surface area contributed by atoms with Crippen molar-refractivity contribution in [3.05, 3.63) is 180 Å². The molecule has 0 aromatic heterocycles. The normalized spacial score (nSPS) is 16.3. The fourth-order valence-electron chi connectivity index (χ4n) is 8.95. The first-order valence-corrected chi connectivity index (χ1v) is 16.8. The first kappa shape index (κ1) is 24.9. The fraction of sp³-hybridized carbons (Fsp3) is 0.0222. The van der Waals surface area contributed by atoms with E-state index in [4.69, 9.17) is 0 Å². The van der Waals surface area contributed by atoms with E-state index in [0.29, 0.717) is 0 Å². The Kier molecular flexibility index (Phi) is 4.80. The van der Waals surface area contributed by atoms with Crippen molar-refractivity contribution in [2.45, 2.75) is 15.2 Å². The maximum Gasteiger partial charge on any atom is 0.0737 e. The lowest BCUT2D eigenvalue weighted by Crippen LogP contribution is -2.27. The van der Waals surface area contributed by atoms with Crippen molar-refractivity contribution >= 4 is 33.3 Å². The van der Waals surface area contributed by atoms with Gasteiger partial charge in [0.25, 0.3) is 0 Å². The van der Waals surface area contributed by atoms with Crippen LogP contribution in [0.1, 0.15) is 22.3 Å². The highest BCUT2D eigenvalue weighted by Crippen LogP contribution is 2.65. The van der Waals surface area contributed by atoms with Gasteiger partial charge in [-0.1, -0.05) is 157 Å². The molecule has 0 amide bonds. The van der Waals surface area contributed by atoms with Gasteiger partial charge in [-0.2, -0.15) is 0 Å². The molecule has 1 aliphatic heterocycles. The summed E-state index contributed by atoms with van der Waals surface area (Å²) in [4.78, 5) is 2.66. The van der Waals surface area contributed by atoms with Crippen LogP contribution < -0.4 is 0 Å². The van der Waals surface area contributed by atoms with E-state index in [9.17, 15) is 0 Å². The summed E-state index contributed by atoms with van der Waals surface area (Å²) in [7, 11) is 0. The Balaban J connectivity index is 1.25. The van der Waals surface area contributed by atoms with E-state index >= 15 is 0 Å². The first-order valence-electron chi connectivity index (χ1n) is 16.0. The highest BCUT2D eigenvalue weighted by Gasteiger charge is 2.53. The van der Waals surface area contributed by atoms with Crippen LogP contribution in [0.5, 0.6) is 0 Å². The lowest BCUT2D eigenvalue weighted by Gasteiger charge is -2.33. The molecule has 1 heterocycles. The molecule has 0 radical (unpaired) electrons. The summed E-state index contributed by atoms with van der Waals surface area (Å²) in [6, 6.07) is 59.5. The molecule has 0 nitrogen and oxygen atoms in total. The van der Waals surface area contributed by atoms with Crippen LogP contribution in [-0.2, 0) is 5.41 Å². The van der Waals surface area contributed by atoms with Gasteiger partial charge in [0.15, 0.2) is 0 Å². The van der Waals surface area contributed by atoms with Crippen LogP contribution in [0.4, 0.5) is 0 Å². The summed E-state index contributed by atoms with van der Waals surface area (Å²) in [5, 5.41) is 5.30. The maximum absolute atomic E-state index is 2.45. The van der Waals surface area contributed by atoms with E-state index in [1.165, 1.54) is 98.1 Å². The van der Waals surface area contributed by atoms with E-state index < -0.39 is 5.41 Å². The van der Waals surface area contributed by atoms with Crippen molar-refractivity contribution < 1.29 is 0 Å². The predicted molar refractivity (Wildman–Crippen MR) is 193 cm³/mol. The van der Waals surface area contributed by atoms with Gasteiger partial charge in [0.1, 0.15) is 0 Å². The van der Waals surface area contributed by atoms with Gasteiger partial charge >= 0.3 is 0 Å². The largest absolute Gasteiger partial charge is 0.0888 e. The van der Waals surface area contributed by atoms with Crippen molar-refractivity contribution in [2.24, 2.45) is 0 Å². The van der Waals surface area contributed by atoms with Gasteiger partial charge in [0.2, 0.25) is 0 Å². The molecule has 8 aromatic rings. The fourth-order valence-corrected chi connectivity index (χ4v) is 10.1. The molecule has 1 spiro atoms. The zero-order valence-electron chi connectivity index (χ0n) is 24.9. The van der Waals surface area contributed by atoms with Crippen LogP contribution in [-0.4, -0.2) is 0 Å². The van der Waals surface area contributed by atoms with Gasteiger partial charge in [-0.05, 0) is 95.1 Å². The highest BCUT2D eigenvalue weighted by atomic mass is 32.2. The van der Waals surface area contributed by atoms with Gasteiger partial charge in [-0.25, -0.2) is 0 Å². The molecule has 2 aliphatic carbocycles. The molecule has 1 unspecified atom stereocenters. The Hall–Kier alpha value is -5.37. The molecule has 0 fully saturated rings. The third-order valence-corrected chi connectivity index (χ3v) is 11.8. The summed E-state index contributed by atoms with van der Waals surface area (Å²) < 4.78 is 0. The summed E-state index contributed by atoms with van der Waals surface area (Å²) in [6.45, 7) is 0. The standard InChI is InChI=1S/C45H26S/c1-2-13-30-27(10-1)22-25-37-33-15-4-6-20-39(33)45(43(30)37)38-19-5-3-14-32(38)36-18-9-16-31(44(36)45)29-23-24-34-35-17-7-11-28-12-8-21-40(42(28)35)46-41(34)26-29/h1-26H. The lowest BCUT2D eigenvalue weighted by molar-refractivity contribution is 0.803. The quantitative estimate of drug-likeness (QED) is 0.181. The third kappa shape index (κ3) is 2.97. The molecular weight excluding hydrogens is 573 g/mol. The second kappa shape index (κ2) is 8.88. The molecule has 1 heteroatoms. The zero-order valence-corrected chi connectivity index (χ0v) is 25.7. The molecule has 0 N–H and O–H groups in total. The molecule has 46 heavy (non-hydrogen) atoms. The zero-order chi connectivity index (χ0) is 30.0. The van der Waals surface area contributed by atoms with Gasteiger partial charge in [-0.3, -0.25) is 0 Å². The molecule has 11 rings (SSSR count). The molecule has 0 saturated heterocycles. The Bertz CT molecular complexity index is 2610. The Morgan fingerprint density at radius 2 is 0.978 bits per heavy atom. The first-order chi connectivity index (χ1) is 22.8. The Labute approximate surface area is 272 Å². The van der Waals surface area contributed by atoms with Crippen molar-refractivity contribution in [3.63, 3.8) is 0 Å². The van der Waals surface area contributed by atoms with E-state index in [-0.39, 0.29) is 0 Å². The minimum atomic E-state index is -0.420. The van der Waals surface area contributed by atoms with Crippen molar-refractivity contribution in [1.29, 1.82) is 0 Å². The second-order valence-electron chi connectivity index (χ2n) is 12.8. The number of hydrogen-bond acceptors (Lipinski definition) is 1. The van der Waals surface area contributed by atoms with Gasteiger partial charge < -0.3 is 0 Å². The molecule has 3 aliphatic rings. The minimum absolute atomic E-state index is 0.420. The van der Waals surface area contributed by atoms with E-state index in [1.807, 2.05) is 11.8 Å². The van der Waals surface area contributed by atoms with Gasteiger partial charge in [0, 0.05) is 15.2 Å². The van der Waals surface area contributed by atoms with Gasteiger partial charge in [0.05, 0.1) is 5.41 Å². The molecule has 0 bridgehead atoms. The van der Waals surface area contributed by atoms with Crippen LogP contribution in [0.25, 0.3) is 66.1 Å². The van der Waals surface area contributed by atoms with Crippen LogP contribution in [0.2, 0.25) is 0 Å². The van der Waals surface area contributed by atoms with Crippen molar-refractivity contribution in [3.8, 4) is 44.5 Å². The number of benzene rings is 8. The van der Waals surface area contributed by atoms with E-state index in [1.54, 1.807) is 0 Å². The Morgan fingerprint density at radius 1 is 0.370 bits per heavy atom. The summed E-state index contributed by atoms with van der Waals surface area (Å²) in [5.41, 5.74) is 15.8. The number of rotatable bonds is 1. The number of fused-ring (bicyclic) bond motifs is 14. The third-order valence-electron chi connectivity index (χ3n) is 10.7. The molecule has 1 atom stereocenters. The van der Waals surface area contributed by atoms with Crippen molar-refractivity contribution in [2.75, 3.05) is 0 Å². The van der Waals surface area contributed by atoms with Crippen LogP contribution in [0, 0.1) is 0 Å². The maximum atomic E-state index is 2.45. The Morgan fingerprint density at radius 3 is 1.83 bits per heavy atom. The predicted octanol–water partition coefficient (Wildman–Crippen LogP) is 12.1. The summed E-state index contributed by atoms with van der Waals surface area (Å²) in [6.07, 6.45) is 0. The molecular formula is C45H26S. The second-order valence-corrected chi connectivity index (χ2v) is 13.8. The van der Waals surface area contributed by atoms with Gasteiger partial charge in [-0.15, -0.1) is 0 Å². The SMILES string of the molecule is c1ccc2c(c1)-c1cccc(-c3ccc4c(c3)Sc3cccc5cccc-4c35)c1C21c2ccccc2-c2ccc3ccccc3c21. The molecule has 8 aromatic carbocycles. The summed E-state index contributed by atoms with van der Waals surface area (Å²) in [5.74, 6) is 0. The van der Waals surface area contributed by atoms with Crippen LogP contribution in [0.3, 0.4) is 0 Å². The average Bonchev–Trinajstić information content (AvgIpc) is 3.59. The van der Waals surface area contributed by atoms with Crippen LogP contribution >= 0.6 is 11.8 Å².